The van der Waals surface area contributed by atoms with E-state index in [1.54, 1.807) is 57.2 Å². The average molecular weight is 1180 g/mol. The highest BCUT2D eigenvalue weighted by atomic mass is 35.5. The molecule has 0 radical (unpaired) electrons. The molecule has 0 bridgehead atoms. The zero-order valence-corrected chi connectivity index (χ0v) is 47.6. The van der Waals surface area contributed by atoms with Crippen LogP contribution in [-0.4, -0.2) is 165 Å². The van der Waals surface area contributed by atoms with Gasteiger partial charge in [-0.25, -0.2) is 19.2 Å². The zero-order chi connectivity index (χ0) is 60.7. The molecule has 3 aromatic carbocycles. The van der Waals surface area contributed by atoms with E-state index in [1.165, 1.54) is 35.0 Å². The Kier molecular flexibility index (Phi) is 22.2. The molecule has 3 aliphatic heterocycles. The van der Waals surface area contributed by atoms with Gasteiger partial charge in [-0.1, -0.05) is 35.9 Å². The molecule has 3 heterocycles. The average Bonchev–Trinajstić information content (AvgIpc) is 3.98. The molecule has 2 fully saturated rings. The number of benzene rings is 3. The van der Waals surface area contributed by atoms with Crippen molar-refractivity contribution in [3.8, 4) is 5.75 Å². The molecule has 8 amide bonds. The van der Waals surface area contributed by atoms with Crippen LogP contribution in [0.1, 0.15) is 97.4 Å². The van der Waals surface area contributed by atoms with Gasteiger partial charge in [-0.3, -0.25) is 38.9 Å². The number of esters is 4. The van der Waals surface area contributed by atoms with Crippen molar-refractivity contribution in [2.75, 3.05) is 52.3 Å². The van der Waals surface area contributed by atoms with Crippen LogP contribution >= 0.6 is 11.6 Å². The molecule has 83 heavy (non-hydrogen) atoms. The maximum atomic E-state index is 13.9. The highest BCUT2D eigenvalue weighted by Crippen LogP contribution is 2.34. The summed E-state index contributed by atoms with van der Waals surface area (Å²) in [5.74, 6) is -6.03. The molecule has 0 aliphatic carbocycles. The lowest BCUT2D eigenvalue weighted by Crippen LogP contribution is -2.64. The predicted molar refractivity (Wildman–Crippen MR) is 288 cm³/mol. The standard InChI is InChI=1S/C55H66ClN7O20/c1-29(64)78-43-44(79-30(2)65)46(80-31(3)66)51(82-45(43)50(71)75-8)81-41-15-10-33(24-38(41)47(68)57-18-19-58-53(73)83-55(4,5)6)28-77-54(74)62(7)20-22-76-21-17-34-11-12-36(25-39(34)56)60-52(72)59-26-32-9-13-37-35(23-32)27-63(49(37)70)40-14-16-42(67)61-48(40)69/h9-13,15,23-25,40,43-46,51H,14,16-22,26-28H2,1-8H3,(H,57,68)(H,58,73)(H2,59,60,72)(H,61,67,69)/t40?,43-,44-,45-,46+,51+/m0/s1. The minimum absolute atomic E-state index is 0.0699. The molecule has 2 saturated heterocycles. The van der Waals surface area contributed by atoms with Gasteiger partial charge in [0, 0.05) is 83.2 Å². The van der Waals surface area contributed by atoms with Gasteiger partial charge in [-0.05, 0) is 86.2 Å². The van der Waals surface area contributed by atoms with Crippen LogP contribution < -0.4 is 31.3 Å². The Balaban J connectivity index is 1.01. The number of ether oxygens (including phenoxy) is 9. The third kappa shape index (κ3) is 18.2. The van der Waals surface area contributed by atoms with E-state index < -0.39 is 96.3 Å². The van der Waals surface area contributed by atoms with Crippen LogP contribution in [0.15, 0.2) is 54.6 Å². The number of rotatable bonds is 22. The molecule has 448 valence electrons. The number of halogens is 1. The Morgan fingerprint density at radius 2 is 1.51 bits per heavy atom. The normalized spacial score (nSPS) is 19.2. The second-order valence-electron chi connectivity index (χ2n) is 20.1. The lowest BCUT2D eigenvalue weighted by molar-refractivity contribution is -0.282. The van der Waals surface area contributed by atoms with Crippen LogP contribution in [-0.2, 0) is 92.8 Å². The Labute approximate surface area is 481 Å². The first-order valence-electron chi connectivity index (χ1n) is 26.2. The number of carbonyl (C=O) groups excluding carboxylic acids is 11. The number of likely N-dealkylation sites (N-methyl/N-ethyl adjacent to an activating group) is 1. The number of hydrogen-bond donors (Lipinski definition) is 5. The van der Waals surface area contributed by atoms with Gasteiger partial charge in [-0.15, -0.1) is 0 Å². The third-order valence-electron chi connectivity index (χ3n) is 12.6. The number of anilines is 1. The zero-order valence-electron chi connectivity index (χ0n) is 46.9. The van der Waals surface area contributed by atoms with Crippen LogP contribution in [0.25, 0.3) is 0 Å². The molecule has 1 unspecified atom stereocenters. The second kappa shape index (κ2) is 28.9. The van der Waals surface area contributed by atoms with Crippen molar-refractivity contribution in [2.45, 2.75) is 123 Å². The van der Waals surface area contributed by atoms with Gasteiger partial charge in [0.1, 0.15) is 24.0 Å². The first-order valence-corrected chi connectivity index (χ1v) is 26.5. The first-order chi connectivity index (χ1) is 39.3. The lowest BCUT2D eigenvalue weighted by Gasteiger charge is -2.43. The molecule has 6 rings (SSSR count). The summed E-state index contributed by atoms with van der Waals surface area (Å²) in [4.78, 5) is 142. The van der Waals surface area contributed by atoms with Gasteiger partial charge in [0.2, 0.25) is 24.2 Å². The summed E-state index contributed by atoms with van der Waals surface area (Å²) in [5, 5.41) is 13.3. The molecule has 0 aromatic heterocycles. The number of alkyl carbamates (subject to hydrolysis) is 1. The van der Waals surface area contributed by atoms with Gasteiger partial charge in [-0.2, -0.15) is 0 Å². The van der Waals surface area contributed by atoms with Crippen molar-refractivity contribution < 1.29 is 95.4 Å². The van der Waals surface area contributed by atoms with E-state index in [2.05, 4.69) is 26.6 Å². The summed E-state index contributed by atoms with van der Waals surface area (Å²) < 4.78 is 49.7. The predicted octanol–water partition coefficient (Wildman–Crippen LogP) is 3.58. The summed E-state index contributed by atoms with van der Waals surface area (Å²) >= 11 is 6.56. The van der Waals surface area contributed by atoms with E-state index >= 15 is 0 Å². The Morgan fingerprint density at radius 3 is 2.18 bits per heavy atom. The van der Waals surface area contributed by atoms with Gasteiger partial charge in [0.25, 0.3) is 11.8 Å². The molecule has 0 spiro atoms. The Hall–Kier alpha value is -8.56. The topological polar surface area (TPSA) is 337 Å². The number of nitrogens with zero attached hydrogens (tertiary/aromatic N) is 2. The maximum absolute atomic E-state index is 13.9. The summed E-state index contributed by atoms with van der Waals surface area (Å²) in [6.45, 7) is 8.34. The molecule has 6 atom stereocenters. The van der Waals surface area contributed by atoms with Crippen molar-refractivity contribution in [1.82, 2.24) is 31.1 Å². The minimum atomic E-state index is -1.82. The van der Waals surface area contributed by atoms with Crippen molar-refractivity contribution >= 4 is 83.0 Å². The van der Waals surface area contributed by atoms with Crippen molar-refractivity contribution in [3.63, 3.8) is 0 Å². The molecule has 28 heteroatoms. The number of methoxy groups -OCH3 is 1. The number of amides is 8. The molecule has 0 saturated carbocycles. The fourth-order valence-corrected chi connectivity index (χ4v) is 9.03. The quantitative estimate of drug-likeness (QED) is 0.0415. The fraction of sp³-hybridized carbons (Fsp3) is 0.473. The summed E-state index contributed by atoms with van der Waals surface area (Å²) in [7, 11) is 2.50. The number of hydrogen-bond acceptors (Lipinski definition) is 20. The van der Waals surface area contributed by atoms with Gasteiger partial charge in [0.15, 0.2) is 18.3 Å². The van der Waals surface area contributed by atoms with Crippen LogP contribution in [0.4, 0.5) is 20.1 Å². The number of carbonyl (C=O) groups is 11. The van der Waals surface area contributed by atoms with E-state index in [-0.39, 0.29) is 94.1 Å². The fourth-order valence-electron chi connectivity index (χ4n) is 8.75. The Morgan fingerprint density at radius 1 is 0.819 bits per heavy atom. The third-order valence-corrected chi connectivity index (χ3v) is 12.9. The van der Waals surface area contributed by atoms with Crippen molar-refractivity contribution in [2.24, 2.45) is 0 Å². The number of piperidine rings is 1. The van der Waals surface area contributed by atoms with E-state index in [4.69, 9.17) is 54.2 Å². The maximum Gasteiger partial charge on any atom is 0.409 e. The van der Waals surface area contributed by atoms with Crippen molar-refractivity contribution in [1.29, 1.82) is 0 Å². The van der Waals surface area contributed by atoms with E-state index in [9.17, 15) is 52.7 Å². The minimum Gasteiger partial charge on any atom is -0.467 e. The largest absolute Gasteiger partial charge is 0.467 e. The van der Waals surface area contributed by atoms with E-state index in [0.717, 1.165) is 39.0 Å². The van der Waals surface area contributed by atoms with E-state index in [0.29, 0.717) is 28.3 Å². The molecule has 3 aliphatic rings. The first kappa shape index (κ1) is 63.6. The van der Waals surface area contributed by atoms with Crippen LogP contribution in [0.5, 0.6) is 5.75 Å². The van der Waals surface area contributed by atoms with Crippen LogP contribution in [0, 0.1) is 0 Å². The van der Waals surface area contributed by atoms with Gasteiger partial charge in [0.05, 0.1) is 25.9 Å². The van der Waals surface area contributed by atoms with E-state index in [1.807, 2.05) is 0 Å². The van der Waals surface area contributed by atoms with Crippen LogP contribution in [0.2, 0.25) is 5.02 Å². The molecule has 3 aromatic rings. The Bertz CT molecular complexity index is 2970. The molecule has 5 N–H and O–H groups in total. The number of fused-ring (bicyclic) bond motifs is 1. The van der Waals surface area contributed by atoms with Crippen LogP contribution in [0.3, 0.4) is 0 Å². The summed E-state index contributed by atoms with van der Waals surface area (Å²) in [6.07, 6.45) is -9.41. The highest BCUT2D eigenvalue weighted by molar-refractivity contribution is 6.31. The SMILES string of the molecule is COC(=O)[C@H]1O[C@@H](Oc2ccc(COC(=O)N(C)CCOCCc3ccc(NC(=O)NCc4ccc5c(c4)CN(C4CCC(=O)NC4=O)C5=O)cc3Cl)cc2C(=O)NCCNC(=O)OC(C)(C)C)[C@H](OC(C)=O)[C@@H](OC(C)=O)[C@@H]1OC(C)=O. The van der Waals surface area contributed by atoms with Crippen molar-refractivity contribution in [3.05, 3.63) is 93.0 Å². The lowest BCUT2D eigenvalue weighted by atomic mass is 9.97. The number of nitrogens with one attached hydrogen (secondary N) is 5. The molecular formula is C55H66ClN7O20. The molecular weight excluding hydrogens is 1110 g/mol. The summed E-state index contributed by atoms with van der Waals surface area (Å²) in [6, 6.07) is 13.0. The highest BCUT2D eigenvalue weighted by Gasteiger charge is 2.56. The monoisotopic (exact) mass is 1180 g/mol. The smallest absolute Gasteiger partial charge is 0.409 e. The summed E-state index contributed by atoms with van der Waals surface area (Å²) in [5.41, 5.74) is 2.35. The number of imide groups is 1. The van der Waals surface area contributed by atoms with Gasteiger partial charge >= 0.3 is 42.1 Å². The number of urea groups is 1. The van der Waals surface area contributed by atoms with Gasteiger partial charge < -0.3 is 73.7 Å². The molecule has 27 nitrogen and oxygen atoms in total. The second-order valence-corrected chi connectivity index (χ2v) is 20.6.